The van der Waals surface area contributed by atoms with Crippen LogP contribution in [0.3, 0.4) is 0 Å². The predicted octanol–water partition coefficient (Wildman–Crippen LogP) is 0.106. The van der Waals surface area contributed by atoms with Crippen LogP contribution < -0.4 is 0 Å². The first kappa shape index (κ1) is 22.6. The number of hydrogen-bond acceptors (Lipinski definition) is 8. The minimum Gasteiger partial charge on any atom is -0.481 e. The summed E-state index contributed by atoms with van der Waals surface area (Å²) in [5.74, 6) is -1.10. The number of carboxylic acid groups (broad SMARTS) is 1. The van der Waals surface area contributed by atoms with Crippen molar-refractivity contribution < 1.29 is 34.5 Å². The maximum absolute atomic E-state index is 10.1. The lowest BCUT2D eigenvalue weighted by atomic mass is 10.4. The Morgan fingerprint density at radius 2 is 1.74 bits per heavy atom. The molecule has 0 saturated carbocycles. The van der Waals surface area contributed by atoms with E-state index in [4.69, 9.17) is 9.84 Å². The summed E-state index contributed by atoms with van der Waals surface area (Å²) in [6, 6.07) is 0. The van der Waals surface area contributed by atoms with Crippen LogP contribution in [0.5, 0.6) is 0 Å². The highest BCUT2D eigenvalue weighted by Gasteiger charge is 2.16. The van der Waals surface area contributed by atoms with E-state index in [1.165, 1.54) is 0 Å². The van der Waals surface area contributed by atoms with Gasteiger partial charge in [0.25, 0.3) is 10.2 Å². The molecule has 13 heteroatoms. The number of halogens is 2. The van der Waals surface area contributed by atoms with Crippen molar-refractivity contribution in [2.24, 2.45) is 0 Å². The van der Waals surface area contributed by atoms with Crippen LogP contribution in [-0.2, 0) is 19.2 Å². The first-order valence-electron chi connectivity index (χ1n) is 4.29. The monoisotopic (exact) mass is 326 g/mol. The van der Waals surface area contributed by atoms with Crippen LogP contribution in [0, 0.1) is 20.2 Å². The molecule has 0 heterocycles. The molecule has 0 aliphatic rings. The Kier molecular flexibility index (Phi) is 15.3. The van der Waals surface area contributed by atoms with Gasteiger partial charge in [-0.3, -0.25) is 4.79 Å². The van der Waals surface area contributed by atoms with Gasteiger partial charge in [-0.05, 0) is 0 Å². The molecule has 0 saturated heterocycles. The molecule has 0 aromatic rings. The fourth-order valence-corrected chi connectivity index (χ4v) is 0.749. The third kappa shape index (κ3) is 16.4. The lowest BCUT2D eigenvalue weighted by Crippen LogP contribution is -2.29. The standard InChI is InChI=1S/C6H10N2O9.2ClH/c9-6(10)1-2-15-3-5(17-8(13)14)4-16-7(11)12;;/h5H,1-4H2,(H,9,10);2*1H. The zero-order valence-electron chi connectivity index (χ0n) is 9.33. The van der Waals surface area contributed by atoms with Gasteiger partial charge in [-0.15, -0.1) is 45.0 Å². The van der Waals surface area contributed by atoms with Crippen molar-refractivity contribution in [1.29, 1.82) is 0 Å². The second-order valence-electron chi connectivity index (χ2n) is 2.69. The second kappa shape index (κ2) is 12.9. The van der Waals surface area contributed by atoms with Gasteiger partial charge in [-0.25, -0.2) is 0 Å². The second-order valence-corrected chi connectivity index (χ2v) is 2.69. The van der Waals surface area contributed by atoms with Gasteiger partial charge in [0.05, 0.1) is 19.6 Å². The Balaban J connectivity index is -0.00000128. The third-order valence-corrected chi connectivity index (χ3v) is 1.36. The molecule has 0 radical (unpaired) electrons. The highest BCUT2D eigenvalue weighted by atomic mass is 35.5. The Bertz CT molecular complexity index is 290. The number of nitrogens with zero attached hydrogens (tertiary/aromatic N) is 2. The van der Waals surface area contributed by atoms with E-state index < -0.39 is 28.9 Å². The fourth-order valence-electron chi connectivity index (χ4n) is 0.749. The van der Waals surface area contributed by atoms with Gasteiger partial charge in [-0.1, -0.05) is 0 Å². The summed E-state index contributed by atoms with van der Waals surface area (Å²) in [4.78, 5) is 37.9. The first-order valence-corrected chi connectivity index (χ1v) is 4.29. The summed E-state index contributed by atoms with van der Waals surface area (Å²) in [6.45, 7) is -1.26. The molecule has 0 aromatic carbocycles. The molecular weight excluding hydrogens is 315 g/mol. The van der Waals surface area contributed by atoms with Crippen LogP contribution in [0.15, 0.2) is 0 Å². The van der Waals surface area contributed by atoms with Gasteiger partial charge >= 0.3 is 5.97 Å². The predicted molar refractivity (Wildman–Crippen MR) is 62.4 cm³/mol. The van der Waals surface area contributed by atoms with Gasteiger partial charge in [-0.2, -0.15) is 0 Å². The van der Waals surface area contributed by atoms with Crippen molar-refractivity contribution in [3.8, 4) is 0 Å². The van der Waals surface area contributed by atoms with Crippen LogP contribution in [0.1, 0.15) is 6.42 Å². The number of rotatable bonds is 10. The van der Waals surface area contributed by atoms with Gasteiger partial charge < -0.3 is 19.5 Å². The van der Waals surface area contributed by atoms with Crippen LogP contribution in [0.2, 0.25) is 0 Å². The lowest BCUT2D eigenvalue weighted by molar-refractivity contribution is -0.790. The van der Waals surface area contributed by atoms with Gasteiger partial charge in [0.2, 0.25) is 0 Å². The highest BCUT2D eigenvalue weighted by Crippen LogP contribution is 1.97. The average molecular weight is 327 g/mol. The summed E-state index contributed by atoms with van der Waals surface area (Å²) in [7, 11) is 0. The summed E-state index contributed by atoms with van der Waals surface area (Å²) < 4.78 is 4.73. The van der Waals surface area contributed by atoms with E-state index in [-0.39, 0.29) is 44.4 Å². The van der Waals surface area contributed by atoms with E-state index in [1.807, 2.05) is 0 Å². The fraction of sp³-hybridized carbons (Fsp3) is 0.833. The van der Waals surface area contributed by atoms with E-state index in [0.29, 0.717) is 0 Å². The molecule has 0 aliphatic heterocycles. The van der Waals surface area contributed by atoms with Crippen molar-refractivity contribution >= 4 is 30.8 Å². The van der Waals surface area contributed by atoms with Crippen molar-refractivity contribution in [2.75, 3.05) is 19.8 Å². The molecule has 11 nitrogen and oxygen atoms in total. The van der Waals surface area contributed by atoms with E-state index in [9.17, 15) is 25.0 Å². The minimum atomic E-state index is -1.29. The molecule has 1 N–H and O–H groups in total. The molecule has 0 bridgehead atoms. The quantitative estimate of drug-likeness (QED) is 0.334. The van der Waals surface area contributed by atoms with Gasteiger partial charge in [0, 0.05) is 0 Å². The number of carbonyl (C=O) groups is 1. The Hall–Kier alpha value is -1.59. The van der Waals surface area contributed by atoms with E-state index >= 15 is 0 Å². The van der Waals surface area contributed by atoms with Crippen molar-refractivity contribution in [1.82, 2.24) is 0 Å². The molecule has 1 atom stereocenters. The number of carboxylic acids is 1. The molecular formula is C6H12Cl2N2O9. The summed E-state index contributed by atoms with van der Waals surface area (Å²) >= 11 is 0. The summed E-state index contributed by atoms with van der Waals surface area (Å²) in [6.07, 6.45) is -1.58. The van der Waals surface area contributed by atoms with Crippen molar-refractivity contribution in [3.05, 3.63) is 20.2 Å². The van der Waals surface area contributed by atoms with Crippen LogP contribution in [0.4, 0.5) is 0 Å². The zero-order chi connectivity index (χ0) is 13.3. The molecule has 0 spiro atoms. The average Bonchev–Trinajstić information content (AvgIpc) is 2.19. The Labute approximate surface area is 118 Å². The van der Waals surface area contributed by atoms with Gasteiger partial charge in [0.1, 0.15) is 6.61 Å². The lowest BCUT2D eigenvalue weighted by Gasteiger charge is -2.13. The van der Waals surface area contributed by atoms with Gasteiger partial charge in [0.15, 0.2) is 6.10 Å². The summed E-state index contributed by atoms with van der Waals surface area (Å²) in [5, 5.41) is 25.8. The largest absolute Gasteiger partial charge is 0.481 e. The number of ether oxygens (including phenoxy) is 1. The van der Waals surface area contributed by atoms with E-state index in [2.05, 4.69) is 9.68 Å². The minimum absolute atomic E-state index is 0. The SMILES string of the molecule is Cl.Cl.O=C(O)CCOCC(CO[N+](=O)[O-])O[N+](=O)[O-]. The molecule has 19 heavy (non-hydrogen) atoms. The smallest absolute Gasteiger partial charge is 0.305 e. The normalized spacial score (nSPS) is 10.3. The number of hydrogen-bond donors (Lipinski definition) is 1. The molecule has 0 aromatic heterocycles. The van der Waals surface area contributed by atoms with E-state index in [1.54, 1.807) is 0 Å². The highest BCUT2D eigenvalue weighted by molar-refractivity contribution is 5.85. The van der Waals surface area contributed by atoms with Crippen LogP contribution >= 0.6 is 24.8 Å². The van der Waals surface area contributed by atoms with Crippen LogP contribution in [0.25, 0.3) is 0 Å². The van der Waals surface area contributed by atoms with Crippen LogP contribution in [-0.4, -0.2) is 47.2 Å². The first-order chi connectivity index (χ1) is 7.91. The molecule has 0 fully saturated rings. The molecule has 1 unspecified atom stereocenters. The maximum atomic E-state index is 10.1. The van der Waals surface area contributed by atoms with Crippen molar-refractivity contribution in [3.63, 3.8) is 0 Å². The Morgan fingerprint density at radius 3 is 2.16 bits per heavy atom. The third-order valence-electron chi connectivity index (χ3n) is 1.36. The maximum Gasteiger partial charge on any atom is 0.305 e. The zero-order valence-corrected chi connectivity index (χ0v) is 11.0. The molecule has 0 amide bonds. The molecule has 114 valence electrons. The number of aliphatic carboxylic acids is 1. The van der Waals surface area contributed by atoms with Crippen molar-refractivity contribution in [2.45, 2.75) is 12.5 Å². The van der Waals surface area contributed by atoms with E-state index in [0.717, 1.165) is 0 Å². The molecule has 0 aliphatic carbocycles. The Morgan fingerprint density at radius 1 is 1.16 bits per heavy atom. The molecule has 0 rings (SSSR count). The topological polar surface area (TPSA) is 151 Å². The summed E-state index contributed by atoms with van der Waals surface area (Å²) in [5.41, 5.74) is 0.